The van der Waals surface area contributed by atoms with Crippen LogP contribution in [0.15, 0.2) is 61.4 Å². The van der Waals surface area contributed by atoms with E-state index in [1.807, 2.05) is 54.1 Å². The summed E-state index contributed by atoms with van der Waals surface area (Å²) < 4.78 is 4.15. The molecule has 1 atom stereocenters. The maximum atomic E-state index is 13.1. The van der Waals surface area contributed by atoms with Gasteiger partial charge in [0.15, 0.2) is 0 Å². The highest BCUT2D eigenvalue weighted by atomic mass is 16.2. The van der Waals surface area contributed by atoms with Crippen molar-refractivity contribution in [3.05, 3.63) is 67.0 Å². The van der Waals surface area contributed by atoms with Gasteiger partial charge in [-0.25, -0.2) is 9.78 Å². The van der Waals surface area contributed by atoms with Crippen LogP contribution in [-0.2, 0) is 6.54 Å². The predicted octanol–water partition coefficient (Wildman–Crippen LogP) is 4.46. The molecule has 0 spiro atoms. The number of amides is 2. The van der Waals surface area contributed by atoms with Gasteiger partial charge in [0, 0.05) is 55.3 Å². The smallest absolute Gasteiger partial charge is 0.322 e. The Balaban J connectivity index is 1.46. The molecule has 0 unspecified atom stereocenters. The summed E-state index contributed by atoms with van der Waals surface area (Å²) in [5, 5.41) is 3.16. The summed E-state index contributed by atoms with van der Waals surface area (Å²) >= 11 is 0. The Kier molecular flexibility index (Phi) is 5.46. The first kappa shape index (κ1) is 18.3. The topological polar surface area (TPSA) is 55.1 Å². The van der Waals surface area contributed by atoms with Crippen LogP contribution < -0.4 is 5.32 Å². The van der Waals surface area contributed by atoms with Crippen molar-refractivity contribution in [3.63, 3.8) is 0 Å². The lowest BCUT2D eigenvalue weighted by Gasteiger charge is -2.36. The molecule has 0 aliphatic carbocycles. The van der Waals surface area contributed by atoms with E-state index in [0.29, 0.717) is 0 Å². The number of rotatable bonds is 5. The van der Waals surface area contributed by atoms with E-state index in [4.69, 9.17) is 0 Å². The predicted molar refractivity (Wildman–Crippen MR) is 111 cm³/mol. The lowest BCUT2D eigenvalue weighted by Crippen LogP contribution is -2.46. The highest BCUT2D eigenvalue weighted by Crippen LogP contribution is 2.25. The van der Waals surface area contributed by atoms with Gasteiger partial charge in [-0.15, -0.1) is 0 Å². The van der Waals surface area contributed by atoms with Crippen molar-refractivity contribution in [3.8, 4) is 5.69 Å². The molecule has 0 saturated carbocycles. The highest BCUT2D eigenvalue weighted by molar-refractivity contribution is 5.91. The molecule has 1 N–H and O–H groups in total. The molecule has 4 rings (SSSR count). The molecule has 146 valence electrons. The SMILES string of the molecule is Cc1c(NC(=O)N2CCCC[C@H]2CCn2ccnc2)cccc1-n1cccc1. The number of hydrogen-bond acceptors (Lipinski definition) is 2. The number of likely N-dealkylation sites (tertiary alicyclic amines) is 1. The Morgan fingerprint density at radius 1 is 1.18 bits per heavy atom. The maximum Gasteiger partial charge on any atom is 0.322 e. The van der Waals surface area contributed by atoms with Crippen LogP contribution in [0.4, 0.5) is 10.5 Å². The first-order valence-electron chi connectivity index (χ1n) is 9.99. The van der Waals surface area contributed by atoms with Crippen molar-refractivity contribution in [2.45, 2.75) is 45.2 Å². The summed E-state index contributed by atoms with van der Waals surface area (Å²) in [6, 6.07) is 10.3. The van der Waals surface area contributed by atoms with E-state index in [-0.39, 0.29) is 12.1 Å². The molecule has 3 aromatic rings. The van der Waals surface area contributed by atoms with Gasteiger partial charge >= 0.3 is 6.03 Å². The average Bonchev–Trinajstić information content (AvgIpc) is 3.42. The Hall–Kier alpha value is -3.02. The third-order valence-corrected chi connectivity index (χ3v) is 5.60. The lowest BCUT2D eigenvalue weighted by atomic mass is 9.99. The highest BCUT2D eigenvalue weighted by Gasteiger charge is 2.27. The molecule has 6 nitrogen and oxygen atoms in total. The van der Waals surface area contributed by atoms with Crippen LogP contribution in [0.1, 0.15) is 31.2 Å². The van der Waals surface area contributed by atoms with Crippen molar-refractivity contribution < 1.29 is 4.79 Å². The van der Waals surface area contributed by atoms with E-state index in [1.165, 1.54) is 6.42 Å². The number of aromatic nitrogens is 3. The number of carbonyl (C=O) groups excluding carboxylic acids is 1. The van der Waals surface area contributed by atoms with Gasteiger partial charge in [-0.2, -0.15) is 0 Å². The van der Waals surface area contributed by atoms with Gasteiger partial charge in [0.2, 0.25) is 0 Å². The van der Waals surface area contributed by atoms with E-state index in [1.54, 1.807) is 6.20 Å². The van der Waals surface area contributed by atoms with E-state index in [9.17, 15) is 4.79 Å². The van der Waals surface area contributed by atoms with E-state index in [0.717, 1.165) is 49.3 Å². The van der Waals surface area contributed by atoms with Crippen molar-refractivity contribution >= 4 is 11.7 Å². The molecule has 1 saturated heterocycles. The van der Waals surface area contributed by atoms with Crippen LogP contribution in [-0.4, -0.2) is 37.6 Å². The molecular formula is C22H27N5O. The van der Waals surface area contributed by atoms with Crippen LogP contribution >= 0.6 is 0 Å². The molecule has 1 fully saturated rings. The fourth-order valence-electron chi connectivity index (χ4n) is 4.01. The van der Waals surface area contributed by atoms with Gasteiger partial charge < -0.3 is 19.4 Å². The summed E-state index contributed by atoms with van der Waals surface area (Å²) in [7, 11) is 0. The van der Waals surface area contributed by atoms with Gasteiger partial charge in [-0.1, -0.05) is 6.07 Å². The summed E-state index contributed by atoms with van der Waals surface area (Å²) in [6.07, 6.45) is 13.9. The second-order valence-corrected chi connectivity index (χ2v) is 7.40. The van der Waals surface area contributed by atoms with Gasteiger partial charge in [0.1, 0.15) is 0 Å². The number of carbonyl (C=O) groups is 1. The van der Waals surface area contributed by atoms with Crippen molar-refractivity contribution in [1.29, 1.82) is 0 Å². The molecule has 3 heterocycles. The van der Waals surface area contributed by atoms with Crippen LogP contribution in [0, 0.1) is 6.92 Å². The maximum absolute atomic E-state index is 13.1. The second kappa shape index (κ2) is 8.33. The summed E-state index contributed by atoms with van der Waals surface area (Å²) in [5.41, 5.74) is 3.02. The number of imidazole rings is 1. The molecule has 6 heteroatoms. The summed E-state index contributed by atoms with van der Waals surface area (Å²) in [5.74, 6) is 0. The average molecular weight is 377 g/mol. The summed E-state index contributed by atoms with van der Waals surface area (Å²) in [6.45, 7) is 3.75. The molecule has 0 radical (unpaired) electrons. The normalized spacial score (nSPS) is 16.9. The fraction of sp³-hybridized carbons (Fsp3) is 0.364. The van der Waals surface area contributed by atoms with Gasteiger partial charge in [0.25, 0.3) is 0 Å². The third-order valence-electron chi connectivity index (χ3n) is 5.60. The van der Waals surface area contributed by atoms with E-state index in [2.05, 4.69) is 32.4 Å². The zero-order valence-corrected chi connectivity index (χ0v) is 16.3. The quantitative estimate of drug-likeness (QED) is 0.714. The number of nitrogens with zero attached hydrogens (tertiary/aromatic N) is 4. The summed E-state index contributed by atoms with van der Waals surface area (Å²) in [4.78, 5) is 19.2. The van der Waals surface area contributed by atoms with E-state index >= 15 is 0 Å². The minimum atomic E-state index is 0.00286. The van der Waals surface area contributed by atoms with Crippen molar-refractivity contribution in [2.24, 2.45) is 0 Å². The van der Waals surface area contributed by atoms with Crippen molar-refractivity contribution in [2.75, 3.05) is 11.9 Å². The second-order valence-electron chi connectivity index (χ2n) is 7.40. The molecule has 28 heavy (non-hydrogen) atoms. The first-order valence-corrected chi connectivity index (χ1v) is 9.99. The molecule has 1 aromatic carbocycles. The molecule has 0 bridgehead atoms. The Labute approximate surface area is 165 Å². The number of aryl methyl sites for hydroxylation is 1. The monoisotopic (exact) mass is 377 g/mol. The number of benzene rings is 1. The molecule has 1 aliphatic rings. The van der Waals surface area contributed by atoms with E-state index < -0.39 is 0 Å². The Morgan fingerprint density at radius 3 is 2.82 bits per heavy atom. The minimum absolute atomic E-state index is 0.00286. The van der Waals surface area contributed by atoms with Crippen molar-refractivity contribution in [1.82, 2.24) is 19.0 Å². The number of anilines is 1. The van der Waals surface area contributed by atoms with Crippen LogP contribution in [0.5, 0.6) is 0 Å². The van der Waals surface area contributed by atoms with Crippen LogP contribution in [0.2, 0.25) is 0 Å². The van der Waals surface area contributed by atoms with Gasteiger partial charge in [-0.05, 0) is 62.4 Å². The molecule has 2 amide bonds. The Morgan fingerprint density at radius 2 is 2.04 bits per heavy atom. The van der Waals surface area contributed by atoms with Crippen LogP contribution in [0.3, 0.4) is 0 Å². The fourth-order valence-corrected chi connectivity index (χ4v) is 4.01. The largest absolute Gasteiger partial charge is 0.337 e. The van der Waals surface area contributed by atoms with Gasteiger partial charge in [-0.3, -0.25) is 0 Å². The number of piperidine rings is 1. The Bertz CT molecular complexity index is 901. The number of hydrogen-bond donors (Lipinski definition) is 1. The van der Waals surface area contributed by atoms with Gasteiger partial charge in [0.05, 0.1) is 6.33 Å². The molecule has 2 aromatic heterocycles. The third kappa shape index (κ3) is 3.96. The zero-order chi connectivity index (χ0) is 19.3. The lowest BCUT2D eigenvalue weighted by molar-refractivity contribution is 0.155. The molecular weight excluding hydrogens is 350 g/mol. The first-order chi connectivity index (χ1) is 13.7. The number of urea groups is 1. The van der Waals surface area contributed by atoms with Crippen LogP contribution in [0.25, 0.3) is 5.69 Å². The number of nitrogens with one attached hydrogen (secondary N) is 1. The minimum Gasteiger partial charge on any atom is -0.337 e. The zero-order valence-electron chi connectivity index (χ0n) is 16.3. The standard InChI is InChI=1S/C22H27N5O/c1-18-20(8-6-9-21(18)26-12-4-5-13-26)24-22(28)27-14-3-2-7-19(27)10-15-25-16-11-23-17-25/h4-6,8-9,11-13,16-17,19H,2-3,7,10,14-15H2,1H3,(H,24,28)/t19-/m0/s1. The molecule has 1 aliphatic heterocycles.